The lowest BCUT2D eigenvalue weighted by atomic mass is 9.75. The second kappa shape index (κ2) is 6.15. The van der Waals surface area contributed by atoms with Gasteiger partial charge in [-0.2, -0.15) is 0 Å². The predicted octanol–water partition coefficient (Wildman–Crippen LogP) is 3.65. The van der Waals surface area contributed by atoms with Crippen LogP contribution < -0.4 is 4.74 Å². The molecule has 1 aliphatic rings. The molecule has 2 aromatic rings. The third-order valence-electron chi connectivity index (χ3n) is 4.55. The van der Waals surface area contributed by atoms with Crippen LogP contribution in [0, 0.1) is 18.3 Å². The van der Waals surface area contributed by atoms with Crippen LogP contribution in [0.25, 0.3) is 11.0 Å². The van der Waals surface area contributed by atoms with Gasteiger partial charge in [-0.05, 0) is 18.6 Å². The van der Waals surface area contributed by atoms with Crippen LogP contribution in [0.3, 0.4) is 0 Å². The Morgan fingerprint density at radius 2 is 2.21 bits per heavy atom. The Hall–Kier alpha value is -2.56. The van der Waals surface area contributed by atoms with E-state index in [0.29, 0.717) is 6.61 Å². The number of carbonyl (C=O) groups is 1. The van der Waals surface area contributed by atoms with E-state index < -0.39 is 17.3 Å². The van der Waals surface area contributed by atoms with E-state index in [4.69, 9.17) is 4.74 Å². The van der Waals surface area contributed by atoms with Gasteiger partial charge in [0.1, 0.15) is 11.6 Å². The number of allylic oxidation sites excluding steroid dienone is 2. The second-order valence-electron chi connectivity index (χ2n) is 6.53. The maximum atomic E-state index is 11.5. The number of carboxylic acids is 1. The number of ether oxygens (including phenoxy) is 1. The molecule has 0 radical (unpaired) electrons. The summed E-state index contributed by atoms with van der Waals surface area (Å²) in [6.45, 7) is 6.26. The van der Waals surface area contributed by atoms with E-state index in [-0.39, 0.29) is 0 Å². The van der Waals surface area contributed by atoms with Gasteiger partial charge in [0.25, 0.3) is 0 Å². The maximum absolute atomic E-state index is 11.5. The van der Waals surface area contributed by atoms with Gasteiger partial charge in [-0.1, -0.05) is 38.2 Å². The normalized spacial score (nSPS) is 22.9. The summed E-state index contributed by atoms with van der Waals surface area (Å²) in [4.78, 5) is 19.3. The first-order valence-corrected chi connectivity index (χ1v) is 8.14. The van der Waals surface area contributed by atoms with Gasteiger partial charge in [-0.25, -0.2) is 4.98 Å². The zero-order chi connectivity index (χ0) is 17.3. The van der Waals surface area contributed by atoms with Crippen LogP contribution in [0.15, 0.2) is 36.4 Å². The summed E-state index contributed by atoms with van der Waals surface area (Å²) < 4.78 is 5.96. The summed E-state index contributed by atoms with van der Waals surface area (Å²) >= 11 is 0. The van der Waals surface area contributed by atoms with E-state index in [1.54, 1.807) is 12.2 Å². The van der Waals surface area contributed by atoms with Gasteiger partial charge in [0, 0.05) is 17.9 Å². The molecule has 0 saturated carbocycles. The summed E-state index contributed by atoms with van der Waals surface area (Å²) in [5.41, 5.74) is 2.36. The van der Waals surface area contributed by atoms with Gasteiger partial charge < -0.3 is 14.8 Å². The number of hydrogen-bond donors (Lipinski definition) is 2. The molecule has 0 fully saturated rings. The number of H-pyrrole nitrogens is 1. The van der Waals surface area contributed by atoms with Crippen LogP contribution in [-0.2, 0) is 11.2 Å². The standard InChI is InChI=1S/C19H22N2O3/c1-4-16-20-15-10-13(9-12(2)17(15)21-16)24-11-19(3)8-6-5-7-14(19)18(22)23/h5-10,14H,4,11H2,1-3H3,(H,20,21)(H,22,23). The average molecular weight is 326 g/mol. The number of aliphatic carboxylic acids is 1. The lowest BCUT2D eigenvalue weighted by molar-refractivity contribution is -0.143. The SMILES string of the molecule is CCc1nc2c(C)cc(OCC3(C)C=CC=CC3C(=O)O)cc2[nH]1. The second-order valence-corrected chi connectivity index (χ2v) is 6.53. The molecule has 0 spiro atoms. The van der Waals surface area contributed by atoms with E-state index in [1.165, 1.54) is 0 Å². The van der Waals surface area contributed by atoms with Gasteiger partial charge in [0.05, 0.1) is 23.6 Å². The summed E-state index contributed by atoms with van der Waals surface area (Å²) in [6, 6.07) is 3.88. The molecule has 3 rings (SSSR count). The fraction of sp³-hybridized carbons (Fsp3) is 0.368. The molecule has 1 heterocycles. The van der Waals surface area contributed by atoms with Crippen molar-refractivity contribution in [3.05, 3.63) is 47.8 Å². The van der Waals surface area contributed by atoms with E-state index in [2.05, 4.69) is 16.9 Å². The number of rotatable bonds is 5. The van der Waals surface area contributed by atoms with E-state index >= 15 is 0 Å². The Balaban J connectivity index is 1.83. The Labute approximate surface area is 141 Å². The van der Waals surface area contributed by atoms with Crippen molar-refractivity contribution in [1.29, 1.82) is 0 Å². The summed E-state index contributed by atoms with van der Waals surface area (Å²) in [7, 11) is 0. The monoisotopic (exact) mass is 326 g/mol. The highest BCUT2D eigenvalue weighted by Gasteiger charge is 2.37. The smallest absolute Gasteiger partial charge is 0.311 e. The number of aromatic nitrogens is 2. The van der Waals surface area contributed by atoms with Crippen molar-refractivity contribution in [3.63, 3.8) is 0 Å². The number of carboxylic acid groups (broad SMARTS) is 1. The van der Waals surface area contributed by atoms with Crippen molar-refractivity contribution in [2.24, 2.45) is 11.3 Å². The van der Waals surface area contributed by atoms with Gasteiger partial charge >= 0.3 is 5.97 Å². The molecule has 2 unspecified atom stereocenters. The van der Waals surface area contributed by atoms with Crippen molar-refractivity contribution in [2.75, 3.05) is 6.61 Å². The van der Waals surface area contributed by atoms with Crippen molar-refractivity contribution >= 4 is 17.0 Å². The Morgan fingerprint density at radius 3 is 2.92 bits per heavy atom. The predicted molar refractivity (Wildman–Crippen MR) is 93.2 cm³/mol. The summed E-state index contributed by atoms with van der Waals surface area (Å²) in [5, 5.41) is 9.43. The molecule has 1 aliphatic carbocycles. The molecule has 1 aromatic heterocycles. The van der Waals surface area contributed by atoms with Crippen molar-refractivity contribution in [2.45, 2.75) is 27.2 Å². The lowest BCUT2D eigenvalue weighted by Crippen LogP contribution is -2.36. The average Bonchev–Trinajstić information content (AvgIpc) is 2.97. The fourth-order valence-electron chi connectivity index (χ4n) is 3.07. The van der Waals surface area contributed by atoms with Crippen LogP contribution in [0.2, 0.25) is 0 Å². The van der Waals surface area contributed by atoms with E-state index in [1.807, 2.05) is 38.1 Å². The number of nitrogens with one attached hydrogen (secondary N) is 1. The number of nitrogens with zero attached hydrogens (tertiary/aromatic N) is 1. The first-order valence-electron chi connectivity index (χ1n) is 8.14. The minimum absolute atomic E-state index is 0.296. The Bertz CT molecular complexity index is 834. The molecule has 0 amide bonds. The molecule has 5 nitrogen and oxygen atoms in total. The Kier molecular flexibility index (Phi) is 4.18. The zero-order valence-electron chi connectivity index (χ0n) is 14.2. The number of benzene rings is 1. The topological polar surface area (TPSA) is 75.2 Å². The van der Waals surface area contributed by atoms with Crippen LogP contribution >= 0.6 is 0 Å². The van der Waals surface area contributed by atoms with Crippen LogP contribution in [0.4, 0.5) is 0 Å². The third kappa shape index (κ3) is 2.94. The lowest BCUT2D eigenvalue weighted by Gasteiger charge is -2.32. The third-order valence-corrected chi connectivity index (χ3v) is 4.55. The minimum atomic E-state index is -0.838. The summed E-state index contributed by atoms with van der Waals surface area (Å²) in [5.74, 6) is 0.240. The molecular formula is C19H22N2O3. The van der Waals surface area contributed by atoms with Gasteiger partial charge in [-0.3, -0.25) is 4.79 Å². The molecule has 1 aromatic carbocycles. The highest BCUT2D eigenvalue weighted by Crippen LogP contribution is 2.35. The molecule has 5 heteroatoms. The maximum Gasteiger partial charge on any atom is 0.311 e. The van der Waals surface area contributed by atoms with Crippen LogP contribution in [0.1, 0.15) is 25.2 Å². The van der Waals surface area contributed by atoms with Crippen LogP contribution in [-0.4, -0.2) is 27.7 Å². The molecule has 0 bridgehead atoms. The minimum Gasteiger partial charge on any atom is -0.493 e. The van der Waals surface area contributed by atoms with E-state index in [9.17, 15) is 9.90 Å². The highest BCUT2D eigenvalue weighted by molar-refractivity contribution is 5.80. The highest BCUT2D eigenvalue weighted by atomic mass is 16.5. The number of imidazole rings is 1. The first kappa shape index (κ1) is 16.3. The number of aromatic amines is 1. The van der Waals surface area contributed by atoms with Crippen molar-refractivity contribution in [1.82, 2.24) is 9.97 Å². The molecule has 126 valence electrons. The largest absolute Gasteiger partial charge is 0.493 e. The van der Waals surface area contributed by atoms with Gasteiger partial charge in [0.2, 0.25) is 0 Å². The molecule has 0 saturated heterocycles. The number of fused-ring (bicyclic) bond motifs is 1. The zero-order valence-corrected chi connectivity index (χ0v) is 14.2. The van der Waals surface area contributed by atoms with Crippen molar-refractivity contribution < 1.29 is 14.6 Å². The molecule has 0 aliphatic heterocycles. The quantitative estimate of drug-likeness (QED) is 0.879. The molecular weight excluding hydrogens is 304 g/mol. The van der Waals surface area contributed by atoms with Gasteiger partial charge in [-0.15, -0.1) is 0 Å². The van der Waals surface area contributed by atoms with Crippen molar-refractivity contribution in [3.8, 4) is 5.75 Å². The fourth-order valence-corrected chi connectivity index (χ4v) is 3.07. The number of hydrogen-bond acceptors (Lipinski definition) is 3. The summed E-state index contributed by atoms with van der Waals surface area (Å²) in [6.07, 6.45) is 8.11. The number of aryl methyl sites for hydroxylation is 2. The molecule has 2 atom stereocenters. The Morgan fingerprint density at radius 1 is 1.42 bits per heavy atom. The molecule has 24 heavy (non-hydrogen) atoms. The first-order chi connectivity index (χ1) is 11.4. The van der Waals surface area contributed by atoms with Gasteiger partial charge in [0.15, 0.2) is 0 Å². The van der Waals surface area contributed by atoms with E-state index in [0.717, 1.165) is 34.6 Å². The van der Waals surface area contributed by atoms with Crippen LogP contribution in [0.5, 0.6) is 5.75 Å². The molecule has 2 N–H and O–H groups in total.